The first-order chi connectivity index (χ1) is 19.8. The molecule has 1 atom stereocenters. The van der Waals surface area contributed by atoms with Crippen LogP contribution in [0.25, 0.3) is 22.2 Å². The van der Waals surface area contributed by atoms with E-state index in [0.29, 0.717) is 35.3 Å². The molecule has 1 N–H and O–H groups in total. The van der Waals surface area contributed by atoms with Gasteiger partial charge in [-0.2, -0.15) is 0 Å². The van der Waals surface area contributed by atoms with Gasteiger partial charge in [0.15, 0.2) is 0 Å². The van der Waals surface area contributed by atoms with Gasteiger partial charge in [0.2, 0.25) is 11.7 Å². The highest BCUT2D eigenvalue weighted by Crippen LogP contribution is 2.41. The number of nitro benzene ring substituents is 1. The van der Waals surface area contributed by atoms with Gasteiger partial charge in [-0.3, -0.25) is 10.1 Å². The highest BCUT2D eigenvalue weighted by Gasteiger charge is 2.25. The van der Waals surface area contributed by atoms with Crippen LogP contribution in [0, 0.1) is 10.1 Å². The van der Waals surface area contributed by atoms with Crippen molar-refractivity contribution in [3.63, 3.8) is 0 Å². The summed E-state index contributed by atoms with van der Waals surface area (Å²) in [6.07, 6.45) is 5.29. The zero-order chi connectivity index (χ0) is 29.1. The number of nitro groups is 1. The second-order valence-electron chi connectivity index (χ2n) is 10.1. The molecule has 1 aliphatic rings. The van der Waals surface area contributed by atoms with E-state index in [1.807, 2.05) is 25.9 Å². The van der Waals surface area contributed by atoms with Crippen LogP contribution in [0.15, 0.2) is 42.7 Å². The van der Waals surface area contributed by atoms with Crippen LogP contribution in [-0.2, 0) is 17.7 Å². The van der Waals surface area contributed by atoms with Crippen LogP contribution in [0.2, 0.25) is 5.02 Å². The van der Waals surface area contributed by atoms with Crippen molar-refractivity contribution in [2.75, 3.05) is 46.3 Å². The van der Waals surface area contributed by atoms with Crippen molar-refractivity contribution in [2.45, 2.75) is 32.4 Å². The number of aryl methyl sites for hydroxylation is 2. The maximum absolute atomic E-state index is 12.1. The van der Waals surface area contributed by atoms with Gasteiger partial charge in [0, 0.05) is 49.0 Å². The Morgan fingerprint density at radius 1 is 1.27 bits per heavy atom. The maximum Gasteiger partial charge on any atom is 0.313 e. The summed E-state index contributed by atoms with van der Waals surface area (Å²) in [4.78, 5) is 22.6. The smallest absolute Gasteiger partial charge is 0.313 e. The predicted molar refractivity (Wildman–Crippen MR) is 159 cm³/mol. The Hall–Kier alpha value is -3.93. The molecule has 41 heavy (non-hydrogen) atoms. The lowest BCUT2D eigenvalue weighted by Crippen LogP contribution is -2.34. The number of nitrogens with one attached hydrogen (secondary N) is 1. The Labute approximate surface area is 243 Å². The minimum absolute atomic E-state index is 0.0794. The normalized spacial score (nSPS) is 13.4. The Morgan fingerprint density at radius 3 is 2.83 bits per heavy atom. The number of aromatic nitrogens is 3. The summed E-state index contributed by atoms with van der Waals surface area (Å²) in [5, 5.41) is 16.6. The SMILES string of the molecule is CCOC[C@H](CN(C)C)Oc1cc(OC)c(Nc2ncc(Cl)c(-c3cn4c5c(cccc35)CCC4)n2)cc1[N+](=O)[O-]. The number of halogens is 1. The average molecular weight is 581 g/mol. The fourth-order valence-electron chi connectivity index (χ4n) is 5.19. The molecule has 11 nitrogen and oxygen atoms in total. The Morgan fingerprint density at radius 2 is 2.10 bits per heavy atom. The van der Waals surface area contributed by atoms with Crippen LogP contribution >= 0.6 is 11.6 Å². The third kappa shape index (κ3) is 6.07. The molecule has 3 heterocycles. The lowest BCUT2D eigenvalue weighted by Gasteiger charge is -2.23. The molecule has 2 aromatic heterocycles. The maximum atomic E-state index is 12.1. The molecule has 0 radical (unpaired) electrons. The number of para-hydroxylation sites is 1. The number of hydrogen-bond donors (Lipinski definition) is 1. The topological polar surface area (TPSA) is 117 Å². The van der Waals surface area contributed by atoms with Gasteiger partial charge in [-0.15, -0.1) is 0 Å². The number of anilines is 2. The quantitative estimate of drug-likeness (QED) is 0.166. The van der Waals surface area contributed by atoms with Crippen molar-refractivity contribution in [1.82, 2.24) is 19.4 Å². The Balaban J connectivity index is 1.49. The van der Waals surface area contributed by atoms with Gasteiger partial charge in [-0.1, -0.05) is 29.8 Å². The summed E-state index contributed by atoms with van der Waals surface area (Å²) < 4.78 is 19.4. The second kappa shape index (κ2) is 12.3. The van der Waals surface area contributed by atoms with E-state index in [4.69, 9.17) is 30.8 Å². The third-order valence-corrected chi connectivity index (χ3v) is 7.20. The molecular formula is C29H33ClN6O5. The van der Waals surface area contributed by atoms with Gasteiger partial charge in [0.1, 0.15) is 11.9 Å². The molecule has 2 aromatic carbocycles. The van der Waals surface area contributed by atoms with E-state index in [2.05, 4.69) is 39.3 Å². The molecule has 0 unspecified atom stereocenters. The van der Waals surface area contributed by atoms with Crippen molar-refractivity contribution < 1.29 is 19.1 Å². The molecular weight excluding hydrogens is 548 g/mol. The van der Waals surface area contributed by atoms with Crippen molar-refractivity contribution in [3.8, 4) is 22.8 Å². The number of benzene rings is 2. The Bertz CT molecular complexity index is 1570. The summed E-state index contributed by atoms with van der Waals surface area (Å²) in [6.45, 7) is 4.11. The van der Waals surface area contributed by atoms with Crippen molar-refractivity contribution >= 4 is 39.8 Å². The van der Waals surface area contributed by atoms with Gasteiger partial charge in [-0.05, 0) is 39.4 Å². The van der Waals surface area contributed by atoms with E-state index in [1.165, 1.54) is 36.5 Å². The van der Waals surface area contributed by atoms with Crippen LogP contribution in [0.5, 0.6) is 11.5 Å². The van der Waals surface area contributed by atoms with Crippen molar-refractivity contribution in [3.05, 3.63) is 63.4 Å². The van der Waals surface area contributed by atoms with Crippen LogP contribution in [-0.4, -0.2) is 71.4 Å². The van der Waals surface area contributed by atoms with Gasteiger partial charge in [0.05, 0.1) is 46.8 Å². The molecule has 0 amide bonds. The molecule has 4 aromatic rings. The van der Waals surface area contributed by atoms with E-state index >= 15 is 0 Å². The minimum atomic E-state index is -0.491. The summed E-state index contributed by atoms with van der Waals surface area (Å²) in [5.41, 5.74) is 4.07. The molecule has 0 fully saturated rings. The average Bonchev–Trinajstić information content (AvgIpc) is 3.33. The van der Waals surface area contributed by atoms with E-state index in [0.717, 1.165) is 30.3 Å². The molecule has 1 aliphatic heterocycles. The van der Waals surface area contributed by atoms with Crippen LogP contribution in [0.4, 0.5) is 17.3 Å². The number of ether oxygens (including phenoxy) is 3. The van der Waals surface area contributed by atoms with Gasteiger partial charge < -0.3 is 29.0 Å². The van der Waals surface area contributed by atoms with E-state index in [-0.39, 0.29) is 24.0 Å². The van der Waals surface area contributed by atoms with Crippen molar-refractivity contribution in [1.29, 1.82) is 0 Å². The van der Waals surface area contributed by atoms with Gasteiger partial charge in [-0.25, -0.2) is 9.97 Å². The number of methoxy groups -OCH3 is 1. The highest BCUT2D eigenvalue weighted by atomic mass is 35.5. The highest BCUT2D eigenvalue weighted by molar-refractivity contribution is 6.33. The number of nitrogens with zero attached hydrogens (tertiary/aromatic N) is 5. The predicted octanol–water partition coefficient (Wildman–Crippen LogP) is 5.70. The second-order valence-corrected chi connectivity index (χ2v) is 10.5. The first kappa shape index (κ1) is 28.6. The van der Waals surface area contributed by atoms with Gasteiger partial charge in [0.25, 0.3) is 0 Å². The number of rotatable bonds is 12. The first-order valence-corrected chi connectivity index (χ1v) is 13.8. The standard InChI is InChI=1S/C29H33ClN6O5/c1-5-40-17-19(15-34(2)3)41-26-13-25(39-4)23(12-24(26)36(37)38)32-29-31-14-22(30)27(33-29)21-16-35-11-7-9-18-8-6-10-20(21)28(18)35/h6,8,10,12-14,16,19H,5,7,9,11,15,17H2,1-4H3,(H,31,32,33)/t19-/m0/s1. The monoisotopic (exact) mass is 580 g/mol. The fraction of sp³-hybridized carbons (Fsp3) is 0.379. The zero-order valence-corrected chi connectivity index (χ0v) is 24.3. The summed E-state index contributed by atoms with van der Waals surface area (Å²) in [7, 11) is 5.28. The van der Waals surface area contributed by atoms with Crippen LogP contribution in [0.1, 0.15) is 18.9 Å². The molecule has 0 bridgehead atoms. The van der Waals surface area contributed by atoms with Gasteiger partial charge >= 0.3 is 5.69 Å². The lowest BCUT2D eigenvalue weighted by molar-refractivity contribution is -0.386. The zero-order valence-electron chi connectivity index (χ0n) is 23.5. The van der Waals surface area contributed by atoms with Crippen LogP contribution in [0.3, 0.4) is 0 Å². The lowest BCUT2D eigenvalue weighted by atomic mass is 10.0. The first-order valence-electron chi connectivity index (χ1n) is 13.4. The van der Waals surface area contributed by atoms with E-state index in [1.54, 1.807) is 0 Å². The fourth-order valence-corrected chi connectivity index (χ4v) is 5.39. The third-order valence-electron chi connectivity index (χ3n) is 6.92. The molecule has 12 heteroatoms. The summed E-state index contributed by atoms with van der Waals surface area (Å²) >= 11 is 6.60. The van der Waals surface area contributed by atoms with E-state index < -0.39 is 11.0 Å². The molecule has 5 rings (SSSR count). The van der Waals surface area contributed by atoms with Crippen molar-refractivity contribution in [2.24, 2.45) is 0 Å². The minimum Gasteiger partial charge on any atom is -0.494 e. The van der Waals surface area contributed by atoms with E-state index in [9.17, 15) is 10.1 Å². The number of hydrogen-bond acceptors (Lipinski definition) is 9. The molecule has 0 saturated carbocycles. The Kier molecular flexibility index (Phi) is 8.57. The number of likely N-dealkylation sites (N-methyl/N-ethyl adjacent to an activating group) is 1. The molecule has 0 saturated heterocycles. The molecule has 0 spiro atoms. The molecule has 0 aliphatic carbocycles. The summed E-state index contributed by atoms with van der Waals surface area (Å²) in [5.74, 6) is 0.632. The summed E-state index contributed by atoms with van der Waals surface area (Å²) in [6, 6.07) is 9.14. The molecule has 216 valence electrons. The van der Waals surface area contributed by atoms with Crippen LogP contribution < -0.4 is 14.8 Å². The largest absolute Gasteiger partial charge is 0.494 e.